The van der Waals surface area contributed by atoms with Crippen molar-refractivity contribution in [2.24, 2.45) is 5.41 Å². The largest absolute Gasteiger partial charge is 0.490 e. The molecule has 0 aromatic heterocycles. The van der Waals surface area contributed by atoms with Crippen molar-refractivity contribution >= 4 is 5.91 Å². The number of carbonyl (C=O) groups is 1. The monoisotopic (exact) mass is 309 g/mol. The summed E-state index contributed by atoms with van der Waals surface area (Å²) in [6, 6.07) is 2.78. The van der Waals surface area contributed by atoms with Crippen LogP contribution in [0.15, 0.2) is 12.1 Å². The zero-order valence-electron chi connectivity index (χ0n) is 13.6. The van der Waals surface area contributed by atoms with E-state index in [4.69, 9.17) is 4.74 Å². The smallest absolute Gasteiger partial charge is 0.220 e. The molecule has 0 aliphatic carbocycles. The highest BCUT2D eigenvalue weighted by Crippen LogP contribution is 2.40. The van der Waals surface area contributed by atoms with Crippen molar-refractivity contribution in [3.8, 4) is 5.75 Å². The van der Waals surface area contributed by atoms with Crippen LogP contribution in [0.2, 0.25) is 0 Å². The van der Waals surface area contributed by atoms with Crippen LogP contribution in [0.1, 0.15) is 63.8 Å². The van der Waals surface area contributed by atoms with Crippen molar-refractivity contribution in [2.75, 3.05) is 6.61 Å². The van der Waals surface area contributed by atoms with Crippen LogP contribution in [0.3, 0.4) is 0 Å². The summed E-state index contributed by atoms with van der Waals surface area (Å²) in [5.74, 6) is -0.399. The van der Waals surface area contributed by atoms with Gasteiger partial charge in [0, 0.05) is 18.4 Å². The van der Waals surface area contributed by atoms with E-state index in [0.717, 1.165) is 0 Å². The third kappa shape index (κ3) is 3.40. The minimum absolute atomic E-state index is 0.0833. The summed E-state index contributed by atoms with van der Waals surface area (Å²) in [6.45, 7) is 7.81. The van der Waals surface area contributed by atoms with Crippen molar-refractivity contribution in [1.82, 2.24) is 5.32 Å². The van der Waals surface area contributed by atoms with Gasteiger partial charge in [0.15, 0.2) is 11.6 Å². The van der Waals surface area contributed by atoms with E-state index in [1.54, 1.807) is 13.0 Å². The number of rotatable bonds is 3. The van der Waals surface area contributed by atoms with Gasteiger partial charge in [0.1, 0.15) is 0 Å². The number of halogens is 1. The maximum atomic E-state index is 14.3. The Labute approximate surface area is 130 Å². The molecule has 0 saturated carbocycles. The first-order valence-electron chi connectivity index (χ1n) is 7.67. The number of aliphatic hydroxyl groups excluding tert-OH is 1. The lowest BCUT2D eigenvalue weighted by Gasteiger charge is -2.30. The predicted octanol–water partition coefficient (Wildman–Crippen LogP) is 3.26. The molecule has 4 nitrogen and oxygen atoms in total. The average molecular weight is 309 g/mol. The van der Waals surface area contributed by atoms with Gasteiger partial charge >= 0.3 is 0 Å². The van der Waals surface area contributed by atoms with Gasteiger partial charge in [0.25, 0.3) is 0 Å². The van der Waals surface area contributed by atoms with Gasteiger partial charge in [-0.1, -0.05) is 27.7 Å². The summed E-state index contributed by atoms with van der Waals surface area (Å²) >= 11 is 0. The fourth-order valence-electron chi connectivity index (χ4n) is 2.59. The first kappa shape index (κ1) is 16.7. The Morgan fingerprint density at radius 1 is 1.50 bits per heavy atom. The van der Waals surface area contributed by atoms with Gasteiger partial charge in [0.05, 0.1) is 18.8 Å². The number of ether oxygens (including phenoxy) is 1. The molecule has 1 amide bonds. The number of carbonyl (C=O) groups excluding carboxylic acids is 1. The molecule has 2 N–H and O–H groups in total. The van der Waals surface area contributed by atoms with Crippen LogP contribution in [0.4, 0.5) is 4.39 Å². The Morgan fingerprint density at radius 3 is 2.77 bits per heavy atom. The number of benzene rings is 1. The molecule has 1 aliphatic heterocycles. The summed E-state index contributed by atoms with van der Waals surface area (Å²) in [6.07, 6.45) is 0.170. The summed E-state index contributed by atoms with van der Waals surface area (Å²) in [7, 11) is 0. The van der Waals surface area contributed by atoms with Crippen molar-refractivity contribution in [3.63, 3.8) is 0 Å². The van der Waals surface area contributed by atoms with E-state index in [1.807, 2.05) is 20.8 Å². The fourth-order valence-corrected chi connectivity index (χ4v) is 2.59. The van der Waals surface area contributed by atoms with Gasteiger partial charge in [0.2, 0.25) is 5.91 Å². The zero-order chi connectivity index (χ0) is 16.5. The molecule has 1 aromatic carbocycles. The highest BCUT2D eigenvalue weighted by Gasteiger charge is 2.30. The van der Waals surface area contributed by atoms with Crippen LogP contribution in [0, 0.1) is 11.2 Å². The van der Waals surface area contributed by atoms with E-state index in [0.29, 0.717) is 30.6 Å². The summed E-state index contributed by atoms with van der Waals surface area (Å²) < 4.78 is 19.7. The lowest BCUT2D eigenvalue weighted by Crippen LogP contribution is -2.32. The van der Waals surface area contributed by atoms with Gasteiger partial charge in [-0.3, -0.25) is 4.79 Å². The maximum absolute atomic E-state index is 14.3. The van der Waals surface area contributed by atoms with Crippen LogP contribution in [-0.4, -0.2) is 17.6 Å². The molecule has 122 valence electrons. The van der Waals surface area contributed by atoms with E-state index in [1.165, 1.54) is 6.07 Å². The van der Waals surface area contributed by atoms with Gasteiger partial charge < -0.3 is 15.2 Å². The van der Waals surface area contributed by atoms with Crippen LogP contribution in [0.5, 0.6) is 5.75 Å². The van der Waals surface area contributed by atoms with Gasteiger partial charge in [-0.25, -0.2) is 4.39 Å². The van der Waals surface area contributed by atoms with Crippen LogP contribution < -0.4 is 10.1 Å². The molecule has 0 fully saturated rings. The molecule has 0 saturated heterocycles. The maximum Gasteiger partial charge on any atom is 0.220 e. The fraction of sp³-hybridized carbons (Fsp3) is 0.588. The van der Waals surface area contributed by atoms with Gasteiger partial charge in [-0.05, 0) is 23.1 Å². The number of aliphatic hydroxyl groups is 1. The van der Waals surface area contributed by atoms with Crippen molar-refractivity contribution < 1.29 is 19.0 Å². The van der Waals surface area contributed by atoms with Gasteiger partial charge in [-0.2, -0.15) is 0 Å². The zero-order valence-corrected chi connectivity index (χ0v) is 13.6. The molecule has 0 radical (unpaired) electrons. The molecule has 1 heterocycles. The topological polar surface area (TPSA) is 58.6 Å². The molecule has 5 heteroatoms. The summed E-state index contributed by atoms with van der Waals surface area (Å²) in [5, 5.41) is 13.3. The molecule has 2 unspecified atom stereocenters. The second kappa shape index (κ2) is 6.24. The minimum atomic E-state index is -0.795. The van der Waals surface area contributed by atoms with Crippen molar-refractivity contribution in [3.05, 3.63) is 29.1 Å². The molecule has 1 aliphatic rings. The standard InChI is InChI=1S/C17H24FNO3/c1-5-14(20)19-13-6-7-22-15-11(13)8-10(9-12(15)18)16(21)17(2,3)4/h8-9,13,16,21H,5-7H2,1-4H3,(H,19,20). The number of hydrogen-bond acceptors (Lipinski definition) is 3. The lowest BCUT2D eigenvalue weighted by molar-refractivity contribution is -0.121. The minimum Gasteiger partial charge on any atom is -0.490 e. The molecule has 22 heavy (non-hydrogen) atoms. The second-order valence-corrected chi connectivity index (χ2v) is 6.80. The average Bonchev–Trinajstić information content (AvgIpc) is 2.46. The van der Waals surface area contributed by atoms with E-state index in [9.17, 15) is 14.3 Å². The molecule has 1 aromatic rings. The molecular weight excluding hydrogens is 285 g/mol. The quantitative estimate of drug-likeness (QED) is 0.901. The highest BCUT2D eigenvalue weighted by molar-refractivity contribution is 5.76. The van der Waals surface area contributed by atoms with Crippen LogP contribution in [0.25, 0.3) is 0 Å². The Kier molecular flexibility index (Phi) is 4.75. The van der Waals surface area contributed by atoms with Crippen molar-refractivity contribution in [2.45, 2.75) is 52.7 Å². The van der Waals surface area contributed by atoms with Crippen LogP contribution >= 0.6 is 0 Å². The lowest BCUT2D eigenvalue weighted by atomic mass is 9.83. The Morgan fingerprint density at radius 2 is 2.18 bits per heavy atom. The Hall–Kier alpha value is -1.62. The molecule has 2 rings (SSSR count). The third-order valence-corrected chi connectivity index (χ3v) is 3.92. The van der Waals surface area contributed by atoms with Crippen LogP contribution in [-0.2, 0) is 4.79 Å². The highest BCUT2D eigenvalue weighted by atomic mass is 19.1. The molecule has 0 bridgehead atoms. The summed E-state index contributed by atoms with van der Waals surface area (Å²) in [5.41, 5.74) is 0.703. The summed E-state index contributed by atoms with van der Waals surface area (Å²) in [4.78, 5) is 11.7. The van der Waals surface area contributed by atoms with Crippen molar-refractivity contribution in [1.29, 1.82) is 0 Å². The molecule has 0 spiro atoms. The first-order chi connectivity index (χ1) is 10.2. The van der Waals surface area contributed by atoms with Gasteiger partial charge in [-0.15, -0.1) is 0 Å². The first-order valence-corrected chi connectivity index (χ1v) is 7.67. The number of nitrogens with one attached hydrogen (secondary N) is 1. The van der Waals surface area contributed by atoms with E-state index in [2.05, 4.69) is 5.32 Å². The molecular formula is C17H24FNO3. The third-order valence-electron chi connectivity index (χ3n) is 3.92. The predicted molar refractivity (Wildman–Crippen MR) is 82.1 cm³/mol. The molecule has 2 atom stereocenters. The van der Waals surface area contributed by atoms with E-state index < -0.39 is 17.3 Å². The Bertz CT molecular complexity index is 566. The number of hydrogen-bond donors (Lipinski definition) is 2. The second-order valence-electron chi connectivity index (χ2n) is 6.80. The van der Waals surface area contributed by atoms with E-state index in [-0.39, 0.29) is 17.7 Å². The SMILES string of the molecule is CCC(=O)NC1CCOc2c(F)cc(C(O)C(C)(C)C)cc21. The van der Waals surface area contributed by atoms with E-state index >= 15 is 0 Å². The normalized spacial score (nSPS) is 19.1. The number of amides is 1. The number of fused-ring (bicyclic) bond motifs is 1. The Balaban J connectivity index is 2.41.